The van der Waals surface area contributed by atoms with E-state index in [0.29, 0.717) is 15.8 Å². The molecule has 0 saturated heterocycles. The second-order valence-corrected chi connectivity index (χ2v) is 5.39. The van der Waals surface area contributed by atoms with E-state index in [1.165, 1.54) is 0 Å². The summed E-state index contributed by atoms with van der Waals surface area (Å²) in [7, 11) is 0. The van der Waals surface area contributed by atoms with Gasteiger partial charge in [0, 0.05) is 22.1 Å². The third-order valence-corrected chi connectivity index (χ3v) is 3.22. The van der Waals surface area contributed by atoms with Crippen LogP contribution in [0.5, 0.6) is 0 Å². The third kappa shape index (κ3) is 5.58. The Labute approximate surface area is 144 Å². The summed E-state index contributed by atoms with van der Waals surface area (Å²) >= 11 is 11.1. The van der Waals surface area contributed by atoms with Gasteiger partial charge in [-0.05, 0) is 60.7 Å². The number of thiocarbonyl (C=S) groups is 1. The first kappa shape index (κ1) is 16.7. The first-order valence-corrected chi connectivity index (χ1v) is 7.46. The van der Waals surface area contributed by atoms with Crippen LogP contribution in [0.2, 0.25) is 5.02 Å². The summed E-state index contributed by atoms with van der Waals surface area (Å²) in [4.78, 5) is 11.3. The topological polar surface area (TPSA) is 77.0 Å². The standard InChI is InChI=1S/C16H13ClN4OS/c17-11-1-3-13(4-2-11)20-16(23)21-14-7-5-12(6-8-14)19-15(22)9-10-18/h1-8H,9H2,(H,19,22)(H2,20,21,23). The molecule has 0 aliphatic heterocycles. The molecule has 23 heavy (non-hydrogen) atoms. The maximum Gasteiger partial charge on any atom is 0.238 e. The number of carbonyl (C=O) groups is 1. The third-order valence-electron chi connectivity index (χ3n) is 2.77. The molecular weight excluding hydrogens is 332 g/mol. The number of anilines is 3. The van der Waals surface area contributed by atoms with Crippen molar-refractivity contribution < 1.29 is 4.79 Å². The minimum Gasteiger partial charge on any atom is -0.332 e. The summed E-state index contributed by atoms with van der Waals surface area (Å²) in [6, 6.07) is 16.0. The van der Waals surface area contributed by atoms with E-state index in [0.717, 1.165) is 11.4 Å². The van der Waals surface area contributed by atoms with E-state index in [1.807, 2.05) is 12.1 Å². The molecule has 2 aromatic rings. The molecule has 2 rings (SSSR count). The molecule has 5 nitrogen and oxygen atoms in total. The molecule has 0 atom stereocenters. The van der Waals surface area contributed by atoms with Gasteiger partial charge in [-0.1, -0.05) is 11.6 Å². The average molecular weight is 345 g/mol. The van der Waals surface area contributed by atoms with Gasteiger partial charge in [0.25, 0.3) is 0 Å². The van der Waals surface area contributed by atoms with Gasteiger partial charge in [-0.3, -0.25) is 4.79 Å². The number of nitriles is 1. The van der Waals surface area contributed by atoms with Crippen molar-refractivity contribution in [2.75, 3.05) is 16.0 Å². The van der Waals surface area contributed by atoms with Crippen LogP contribution in [0.1, 0.15) is 6.42 Å². The Morgan fingerprint density at radius 3 is 1.87 bits per heavy atom. The normalized spacial score (nSPS) is 9.57. The number of hydrogen-bond donors (Lipinski definition) is 3. The zero-order valence-electron chi connectivity index (χ0n) is 12.0. The zero-order chi connectivity index (χ0) is 16.7. The minimum atomic E-state index is -0.340. The van der Waals surface area contributed by atoms with Crippen molar-refractivity contribution in [1.82, 2.24) is 0 Å². The van der Waals surface area contributed by atoms with Crippen molar-refractivity contribution in [1.29, 1.82) is 5.26 Å². The summed E-state index contributed by atoms with van der Waals surface area (Å²) < 4.78 is 0. The quantitative estimate of drug-likeness (QED) is 0.731. The maximum absolute atomic E-state index is 11.3. The number of benzene rings is 2. The van der Waals surface area contributed by atoms with Gasteiger partial charge in [0.05, 0.1) is 6.07 Å². The van der Waals surface area contributed by atoms with Gasteiger partial charge in [0.1, 0.15) is 6.42 Å². The van der Waals surface area contributed by atoms with Crippen LogP contribution in [-0.4, -0.2) is 11.0 Å². The molecule has 7 heteroatoms. The SMILES string of the molecule is N#CCC(=O)Nc1ccc(NC(=S)Nc2ccc(Cl)cc2)cc1. The highest BCUT2D eigenvalue weighted by Gasteiger charge is 2.02. The smallest absolute Gasteiger partial charge is 0.238 e. The summed E-state index contributed by atoms with van der Waals surface area (Å²) in [5.41, 5.74) is 2.22. The molecule has 1 amide bonds. The van der Waals surface area contributed by atoms with E-state index >= 15 is 0 Å². The molecule has 116 valence electrons. The number of halogens is 1. The second kappa shape index (κ2) is 8.13. The molecule has 0 saturated carbocycles. The summed E-state index contributed by atoms with van der Waals surface area (Å²) in [5, 5.41) is 18.2. The Bertz CT molecular complexity index is 738. The molecule has 0 aliphatic rings. The van der Waals surface area contributed by atoms with Crippen LogP contribution in [0.3, 0.4) is 0 Å². The Hall–Kier alpha value is -2.62. The van der Waals surface area contributed by atoms with Gasteiger partial charge >= 0.3 is 0 Å². The number of nitrogens with one attached hydrogen (secondary N) is 3. The molecule has 2 aromatic carbocycles. The summed E-state index contributed by atoms with van der Waals surface area (Å²) in [6.07, 6.45) is -0.172. The first-order chi connectivity index (χ1) is 11.1. The van der Waals surface area contributed by atoms with E-state index in [9.17, 15) is 4.79 Å². The molecule has 0 heterocycles. The highest BCUT2D eigenvalue weighted by atomic mass is 35.5. The van der Waals surface area contributed by atoms with Gasteiger partial charge in [0.15, 0.2) is 5.11 Å². The second-order valence-electron chi connectivity index (χ2n) is 4.55. The largest absolute Gasteiger partial charge is 0.332 e. The molecular formula is C16H13ClN4OS. The van der Waals surface area contributed by atoms with Gasteiger partial charge < -0.3 is 16.0 Å². The fourth-order valence-corrected chi connectivity index (χ4v) is 2.10. The fraction of sp³-hybridized carbons (Fsp3) is 0.0625. The lowest BCUT2D eigenvalue weighted by Crippen LogP contribution is -2.19. The van der Waals surface area contributed by atoms with Crippen molar-refractivity contribution >= 4 is 51.9 Å². The van der Waals surface area contributed by atoms with Crippen LogP contribution < -0.4 is 16.0 Å². The molecule has 0 fully saturated rings. The van der Waals surface area contributed by atoms with Gasteiger partial charge in [-0.25, -0.2) is 0 Å². The minimum absolute atomic E-state index is 0.172. The van der Waals surface area contributed by atoms with Crippen LogP contribution >= 0.6 is 23.8 Å². The lowest BCUT2D eigenvalue weighted by Gasteiger charge is -2.11. The number of hydrogen-bond acceptors (Lipinski definition) is 3. The van der Waals surface area contributed by atoms with E-state index < -0.39 is 0 Å². The summed E-state index contributed by atoms with van der Waals surface area (Å²) in [6.45, 7) is 0. The highest BCUT2D eigenvalue weighted by molar-refractivity contribution is 7.80. The molecule has 0 bridgehead atoms. The Kier molecular flexibility index (Phi) is 5.92. The Morgan fingerprint density at radius 2 is 1.39 bits per heavy atom. The number of carbonyl (C=O) groups excluding carboxylic acids is 1. The van der Waals surface area contributed by atoms with Crippen LogP contribution in [0.15, 0.2) is 48.5 Å². The first-order valence-electron chi connectivity index (χ1n) is 6.67. The molecule has 0 unspecified atom stereocenters. The van der Waals surface area contributed by atoms with Crippen LogP contribution in [0.25, 0.3) is 0 Å². The average Bonchev–Trinajstić information content (AvgIpc) is 2.52. The summed E-state index contributed by atoms with van der Waals surface area (Å²) in [5.74, 6) is -0.340. The molecule has 0 radical (unpaired) electrons. The predicted octanol–water partition coefficient (Wildman–Crippen LogP) is 4.00. The van der Waals surface area contributed by atoms with Crippen LogP contribution in [-0.2, 0) is 4.79 Å². The predicted molar refractivity (Wildman–Crippen MR) is 96.6 cm³/mol. The van der Waals surface area contributed by atoms with Gasteiger partial charge in [-0.15, -0.1) is 0 Å². The Morgan fingerprint density at radius 1 is 0.957 bits per heavy atom. The van der Waals surface area contributed by atoms with E-state index in [2.05, 4.69) is 16.0 Å². The van der Waals surface area contributed by atoms with Crippen molar-refractivity contribution in [3.8, 4) is 6.07 Å². The lowest BCUT2D eigenvalue weighted by molar-refractivity contribution is -0.115. The molecule has 0 spiro atoms. The van der Waals surface area contributed by atoms with E-state index in [4.69, 9.17) is 29.1 Å². The van der Waals surface area contributed by atoms with Gasteiger partial charge in [-0.2, -0.15) is 5.26 Å². The van der Waals surface area contributed by atoms with Crippen molar-refractivity contribution in [3.05, 3.63) is 53.6 Å². The number of nitrogens with zero attached hydrogens (tertiary/aromatic N) is 1. The number of rotatable bonds is 4. The Balaban J connectivity index is 1.90. The molecule has 0 aliphatic carbocycles. The van der Waals surface area contributed by atoms with Crippen molar-refractivity contribution in [3.63, 3.8) is 0 Å². The van der Waals surface area contributed by atoms with Crippen LogP contribution in [0, 0.1) is 11.3 Å². The van der Waals surface area contributed by atoms with Crippen LogP contribution in [0.4, 0.5) is 17.1 Å². The highest BCUT2D eigenvalue weighted by Crippen LogP contribution is 2.16. The lowest BCUT2D eigenvalue weighted by atomic mass is 10.2. The maximum atomic E-state index is 11.3. The van der Waals surface area contributed by atoms with Crippen molar-refractivity contribution in [2.45, 2.75) is 6.42 Å². The fourth-order valence-electron chi connectivity index (χ4n) is 1.74. The van der Waals surface area contributed by atoms with Crippen molar-refractivity contribution in [2.24, 2.45) is 0 Å². The van der Waals surface area contributed by atoms with Gasteiger partial charge in [0.2, 0.25) is 5.91 Å². The zero-order valence-corrected chi connectivity index (χ0v) is 13.5. The molecule has 0 aromatic heterocycles. The number of amides is 1. The van der Waals surface area contributed by atoms with E-state index in [1.54, 1.807) is 42.5 Å². The monoisotopic (exact) mass is 344 g/mol. The molecule has 3 N–H and O–H groups in total. The van der Waals surface area contributed by atoms with E-state index in [-0.39, 0.29) is 12.3 Å².